The highest BCUT2D eigenvalue weighted by molar-refractivity contribution is 5.84. The second-order valence-electron chi connectivity index (χ2n) is 6.16. The molecule has 0 unspecified atom stereocenters. The first-order chi connectivity index (χ1) is 8.81. The summed E-state index contributed by atoms with van der Waals surface area (Å²) in [6.45, 7) is 10.0. The van der Waals surface area contributed by atoms with Crippen molar-refractivity contribution >= 4 is 11.9 Å². The number of carbonyl (C=O) groups excluding carboxylic acids is 1. The van der Waals surface area contributed by atoms with Crippen LogP contribution < -0.4 is 5.32 Å². The SMILES string of the molecule is CN=C(NCC(=O)OC(C)(C)C)N1CCC(C)CC1. The number of ether oxygens (including phenoxy) is 1. The first-order valence-electron chi connectivity index (χ1n) is 6.99. The van der Waals surface area contributed by atoms with E-state index in [9.17, 15) is 4.79 Å². The molecule has 19 heavy (non-hydrogen) atoms. The summed E-state index contributed by atoms with van der Waals surface area (Å²) in [5.74, 6) is 1.32. The Kier molecular flexibility index (Phi) is 5.63. The quantitative estimate of drug-likeness (QED) is 0.470. The lowest BCUT2D eigenvalue weighted by atomic mass is 10.00. The zero-order chi connectivity index (χ0) is 14.5. The van der Waals surface area contributed by atoms with Gasteiger partial charge in [-0.1, -0.05) is 6.92 Å². The third kappa shape index (κ3) is 5.94. The molecule has 1 fully saturated rings. The number of carbonyl (C=O) groups is 1. The molecule has 0 bridgehead atoms. The van der Waals surface area contributed by atoms with Crippen LogP contribution in [0.4, 0.5) is 0 Å². The standard InChI is InChI=1S/C14H27N3O2/c1-11-6-8-17(9-7-11)13(15-5)16-10-12(18)19-14(2,3)4/h11H,6-10H2,1-5H3,(H,15,16). The minimum atomic E-state index is -0.442. The van der Waals surface area contributed by atoms with Crippen molar-refractivity contribution in [2.75, 3.05) is 26.7 Å². The lowest BCUT2D eigenvalue weighted by Crippen LogP contribution is -2.47. The third-order valence-corrected chi connectivity index (χ3v) is 3.11. The van der Waals surface area contributed by atoms with Gasteiger partial charge in [-0.15, -0.1) is 0 Å². The lowest BCUT2D eigenvalue weighted by molar-refractivity contribution is -0.153. The van der Waals surface area contributed by atoms with Crippen LogP contribution in [0.2, 0.25) is 0 Å². The number of hydrogen-bond donors (Lipinski definition) is 1. The highest BCUT2D eigenvalue weighted by Gasteiger charge is 2.20. The highest BCUT2D eigenvalue weighted by atomic mass is 16.6. The Balaban J connectivity index is 2.39. The fraction of sp³-hybridized carbons (Fsp3) is 0.857. The summed E-state index contributed by atoms with van der Waals surface area (Å²) >= 11 is 0. The van der Waals surface area contributed by atoms with Gasteiger partial charge in [-0.2, -0.15) is 0 Å². The molecule has 110 valence electrons. The molecule has 0 aliphatic carbocycles. The Hall–Kier alpha value is -1.26. The number of esters is 1. The maximum Gasteiger partial charge on any atom is 0.325 e. The highest BCUT2D eigenvalue weighted by Crippen LogP contribution is 2.15. The van der Waals surface area contributed by atoms with E-state index in [0.29, 0.717) is 0 Å². The minimum Gasteiger partial charge on any atom is -0.459 e. The number of piperidine rings is 1. The molecule has 0 aromatic carbocycles. The Morgan fingerprint density at radius 3 is 2.42 bits per heavy atom. The second-order valence-corrected chi connectivity index (χ2v) is 6.16. The number of hydrogen-bond acceptors (Lipinski definition) is 3. The summed E-state index contributed by atoms with van der Waals surface area (Å²) in [5, 5.41) is 3.08. The summed E-state index contributed by atoms with van der Waals surface area (Å²) in [4.78, 5) is 18.1. The molecule has 1 saturated heterocycles. The van der Waals surface area contributed by atoms with E-state index in [1.165, 1.54) is 12.8 Å². The van der Waals surface area contributed by atoms with Gasteiger partial charge >= 0.3 is 5.97 Å². The van der Waals surface area contributed by atoms with E-state index >= 15 is 0 Å². The van der Waals surface area contributed by atoms with Crippen molar-refractivity contribution in [2.24, 2.45) is 10.9 Å². The van der Waals surface area contributed by atoms with E-state index < -0.39 is 5.60 Å². The van der Waals surface area contributed by atoms with Crippen LogP contribution in [0, 0.1) is 5.92 Å². The Morgan fingerprint density at radius 1 is 1.37 bits per heavy atom. The van der Waals surface area contributed by atoms with Crippen molar-refractivity contribution in [1.82, 2.24) is 10.2 Å². The molecule has 0 aromatic rings. The van der Waals surface area contributed by atoms with Gasteiger partial charge in [0, 0.05) is 20.1 Å². The minimum absolute atomic E-state index is 0.163. The third-order valence-electron chi connectivity index (χ3n) is 3.11. The molecule has 0 atom stereocenters. The maximum atomic E-state index is 11.7. The van der Waals surface area contributed by atoms with Crippen LogP contribution in [-0.4, -0.2) is 49.1 Å². The largest absolute Gasteiger partial charge is 0.459 e. The molecule has 1 heterocycles. The average Bonchev–Trinajstić information content (AvgIpc) is 2.29. The predicted octanol–water partition coefficient (Wildman–Crippen LogP) is 1.64. The van der Waals surface area contributed by atoms with Crippen LogP contribution in [0.5, 0.6) is 0 Å². The molecule has 0 spiro atoms. The molecule has 1 aliphatic rings. The second kappa shape index (κ2) is 6.78. The van der Waals surface area contributed by atoms with E-state index in [2.05, 4.69) is 22.1 Å². The van der Waals surface area contributed by atoms with Crippen molar-refractivity contribution in [3.8, 4) is 0 Å². The number of likely N-dealkylation sites (tertiary alicyclic amines) is 1. The van der Waals surface area contributed by atoms with Crippen LogP contribution in [0.3, 0.4) is 0 Å². The number of guanidine groups is 1. The van der Waals surface area contributed by atoms with E-state index in [4.69, 9.17) is 4.74 Å². The van der Waals surface area contributed by atoms with Gasteiger partial charge in [-0.05, 0) is 39.5 Å². The summed E-state index contributed by atoms with van der Waals surface area (Å²) in [6.07, 6.45) is 2.35. The molecule has 1 rings (SSSR count). The van der Waals surface area contributed by atoms with Gasteiger partial charge in [-0.25, -0.2) is 0 Å². The average molecular weight is 269 g/mol. The fourth-order valence-electron chi connectivity index (χ4n) is 2.08. The molecule has 0 saturated carbocycles. The van der Waals surface area contributed by atoms with Crippen LogP contribution >= 0.6 is 0 Å². The Labute approximate surface area is 116 Å². The van der Waals surface area contributed by atoms with E-state index in [1.54, 1.807) is 7.05 Å². The van der Waals surface area contributed by atoms with Crippen molar-refractivity contribution < 1.29 is 9.53 Å². The van der Waals surface area contributed by atoms with Crippen molar-refractivity contribution in [2.45, 2.75) is 46.1 Å². The molecule has 1 N–H and O–H groups in total. The number of rotatable bonds is 2. The zero-order valence-corrected chi connectivity index (χ0v) is 12.8. The molecule has 5 heteroatoms. The van der Waals surface area contributed by atoms with Crippen LogP contribution in [0.25, 0.3) is 0 Å². The molecule has 0 aromatic heterocycles. The van der Waals surface area contributed by atoms with E-state index in [-0.39, 0.29) is 12.5 Å². The number of aliphatic imine (C=N–C) groups is 1. The van der Waals surface area contributed by atoms with E-state index in [1.807, 2.05) is 20.8 Å². The lowest BCUT2D eigenvalue weighted by Gasteiger charge is -2.32. The topological polar surface area (TPSA) is 53.9 Å². The molecule has 1 aliphatic heterocycles. The maximum absolute atomic E-state index is 11.7. The predicted molar refractivity (Wildman–Crippen MR) is 77.2 cm³/mol. The fourth-order valence-corrected chi connectivity index (χ4v) is 2.08. The van der Waals surface area contributed by atoms with Gasteiger partial charge in [0.2, 0.25) is 0 Å². The van der Waals surface area contributed by atoms with Gasteiger partial charge in [0.25, 0.3) is 0 Å². The van der Waals surface area contributed by atoms with Crippen molar-refractivity contribution in [3.05, 3.63) is 0 Å². The first kappa shape index (κ1) is 15.8. The summed E-state index contributed by atoms with van der Waals surface area (Å²) in [7, 11) is 1.75. The Morgan fingerprint density at radius 2 is 1.95 bits per heavy atom. The van der Waals surface area contributed by atoms with Gasteiger partial charge in [0.1, 0.15) is 12.1 Å². The van der Waals surface area contributed by atoms with Crippen LogP contribution in [0.15, 0.2) is 4.99 Å². The monoisotopic (exact) mass is 269 g/mol. The number of nitrogens with one attached hydrogen (secondary N) is 1. The van der Waals surface area contributed by atoms with Crippen LogP contribution in [0.1, 0.15) is 40.5 Å². The molecule has 5 nitrogen and oxygen atoms in total. The van der Waals surface area contributed by atoms with Crippen LogP contribution in [-0.2, 0) is 9.53 Å². The van der Waals surface area contributed by atoms with Crippen molar-refractivity contribution in [1.29, 1.82) is 0 Å². The smallest absolute Gasteiger partial charge is 0.325 e. The molecule has 0 radical (unpaired) electrons. The van der Waals surface area contributed by atoms with Gasteiger partial charge in [-0.3, -0.25) is 9.79 Å². The normalized spacial score (nSPS) is 18.4. The van der Waals surface area contributed by atoms with Crippen molar-refractivity contribution in [3.63, 3.8) is 0 Å². The zero-order valence-electron chi connectivity index (χ0n) is 12.8. The molecule has 0 amide bonds. The molecular weight excluding hydrogens is 242 g/mol. The molecular formula is C14H27N3O2. The van der Waals surface area contributed by atoms with Gasteiger partial charge < -0.3 is 15.0 Å². The van der Waals surface area contributed by atoms with Gasteiger partial charge in [0.05, 0.1) is 0 Å². The summed E-state index contributed by atoms with van der Waals surface area (Å²) in [5.41, 5.74) is -0.442. The Bertz CT molecular complexity index is 326. The number of nitrogens with zero attached hydrogens (tertiary/aromatic N) is 2. The van der Waals surface area contributed by atoms with E-state index in [0.717, 1.165) is 25.0 Å². The first-order valence-corrected chi connectivity index (χ1v) is 6.99. The van der Waals surface area contributed by atoms with Gasteiger partial charge in [0.15, 0.2) is 5.96 Å². The summed E-state index contributed by atoms with van der Waals surface area (Å²) < 4.78 is 5.26. The summed E-state index contributed by atoms with van der Waals surface area (Å²) in [6, 6.07) is 0.